The summed E-state index contributed by atoms with van der Waals surface area (Å²) in [5.41, 5.74) is 1.23. The zero-order valence-electron chi connectivity index (χ0n) is 22.6. The summed E-state index contributed by atoms with van der Waals surface area (Å²) in [6.07, 6.45) is 0.691. The van der Waals surface area contributed by atoms with E-state index in [-0.39, 0.29) is 28.4 Å². The van der Waals surface area contributed by atoms with Crippen LogP contribution in [0.5, 0.6) is 5.75 Å². The maximum absolute atomic E-state index is 14.6. The fraction of sp³-hybridized carbons (Fsp3) is 0.310. The van der Waals surface area contributed by atoms with Crippen molar-refractivity contribution in [3.8, 4) is 5.75 Å². The zero-order valence-corrected chi connectivity index (χ0v) is 23.4. The Morgan fingerprint density at radius 3 is 2.28 bits per heavy atom. The van der Waals surface area contributed by atoms with Crippen LogP contribution in [-0.2, 0) is 26.2 Å². The first-order valence-corrected chi connectivity index (χ1v) is 14.1. The van der Waals surface area contributed by atoms with E-state index in [4.69, 9.17) is 4.74 Å². The summed E-state index contributed by atoms with van der Waals surface area (Å²) < 4.78 is 48.7. The van der Waals surface area contributed by atoms with Crippen LogP contribution in [0.25, 0.3) is 0 Å². The number of nitrogens with zero attached hydrogens (tertiary/aromatic N) is 2. The number of amides is 2. The Kier molecular flexibility index (Phi) is 10.1. The third kappa shape index (κ3) is 7.14. The van der Waals surface area contributed by atoms with Crippen LogP contribution >= 0.6 is 0 Å². The number of ether oxygens (including phenoxy) is 1. The minimum absolute atomic E-state index is 0.0128. The molecule has 3 aromatic carbocycles. The molecule has 0 aliphatic rings. The second kappa shape index (κ2) is 13.2. The van der Waals surface area contributed by atoms with Gasteiger partial charge in [-0.25, -0.2) is 12.8 Å². The average Bonchev–Trinajstić information content (AvgIpc) is 2.93. The van der Waals surface area contributed by atoms with Crippen molar-refractivity contribution < 1.29 is 27.1 Å². The molecule has 8 nitrogen and oxygen atoms in total. The molecule has 0 spiro atoms. The molecule has 0 heterocycles. The molecule has 1 unspecified atom stereocenters. The Morgan fingerprint density at radius 1 is 1.00 bits per heavy atom. The Hall–Kier alpha value is -3.92. The summed E-state index contributed by atoms with van der Waals surface area (Å²) >= 11 is 0. The van der Waals surface area contributed by atoms with Crippen molar-refractivity contribution in [2.24, 2.45) is 0 Å². The number of carbonyl (C=O) groups excluding carboxylic acids is 2. The van der Waals surface area contributed by atoms with Gasteiger partial charge in [-0.15, -0.1) is 0 Å². The molecule has 0 radical (unpaired) electrons. The number of rotatable bonds is 12. The molecule has 39 heavy (non-hydrogen) atoms. The number of methoxy groups -OCH3 is 1. The summed E-state index contributed by atoms with van der Waals surface area (Å²) in [5.74, 6) is -1.40. The van der Waals surface area contributed by atoms with Crippen molar-refractivity contribution >= 4 is 27.5 Å². The van der Waals surface area contributed by atoms with Gasteiger partial charge in [0.05, 0.1) is 17.7 Å². The Labute approximate surface area is 229 Å². The van der Waals surface area contributed by atoms with Gasteiger partial charge in [0.25, 0.3) is 10.0 Å². The molecule has 208 valence electrons. The van der Waals surface area contributed by atoms with E-state index in [2.05, 4.69) is 5.32 Å². The highest BCUT2D eigenvalue weighted by molar-refractivity contribution is 7.92. The highest BCUT2D eigenvalue weighted by Crippen LogP contribution is 2.32. The number of benzene rings is 3. The number of halogens is 1. The first-order chi connectivity index (χ1) is 18.6. The van der Waals surface area contributed by atoms with Gasteiger partial charge in [-0.3, -0.25) is 13.9 Å². The lowest BCUT2D eigenvalue weighted by Crippen LogP contribution is -2.51. The Balaban J connectivity index is 2.07. The van der Waals surface area contributed by atoms with Crippen molar-refractivity contribution in [3.63, 3.8) is 0 Å². The molecule has 0 bridgehead atoms. The average molecular weight is 556 g/mol. The lowest BCUT2D eigenvalue weighted by molar-refractivity contribution is -0.139. The molecule has 3 rings (SSSR count). The second-order valence-electron chi connectivity index (χ2n) is 9.08. The van der Waals surface area contributed by atoms with Crippen molar-refractivity contribution in [1.82, 2.24) is 10.2 Å². The smallest absolute Gasteiger partial charge is 0.264 e. The molecule has 0 fully saturated rings. The van der Waals surface area contributed by atoms with E-state index in [1.165, 1.54) is 55.3 Å². The summed E-state index contributed by atoms with van der Waals surface area (Å²) in [5, 5.41) is 2.75. The number of anilines is 1. The maximum Gasteiger partial charge on any atom is 0.264 e. The van der Waals surface area contributed by atoms with Gasteiger partial charge >= 0.3 is 0 Å². The predicted molar refractivity (Wildman–Crippen MR) is 148 cm³/mol. The molecular weight excluding hydrogens is 521 g/mol. The number of aryl methyl sites for hydroxylation is 1. The van der Waals surface area contributed by atoms with Crippen molar-refractivity contribution in [1.29, 1.82) is 0 Å². The predicted octanol–water partition coefficient (Wildman–Crippen LogP) is 4.28. The minimum atomic E-state index is -4.24. The molecule has 0 aliphatic carbocycles. The van der Waals surface area contributed by atoms with Crippen molar-refractivity contribution in [2.75, 3.05) is 24.5 Å². The van der Waals surface area contributed by atoms with E-state index < -0.39 is 40.2 Å². The third-order valence-corrected chi connectivity index (χ3v) is 8.03. The standard InChI is InChI=1S/C29H34FN3O5S/c1-5-18-31-29(35)22(3)32(19-23-10-6-7-11-25(23)30)28(34)20-33(26-12-8-9-13-27(26)38-4)39(36,37)24-16-14-21(2)15-17-24/h6-17,22H,5,18-20H2,1-4H3,(H,31,35). The number of para-hydroxylation sites is 2. The lowest BCUT2D eigenvalue weighted by Gasteiger charge is -2.32. The van der Waals surface area contributed by atoms with E-state index in [9.17, 15) is 22.4 Å². The minimum Gasteiger partial charge on any atom is -0.495 e. The molecule has 0 saturated heterocycles. The van der Waals surface area contributed by atoms with Crippen LogP contribution < -0.4 is 14.4 Å². The van der Waals surface area contributed by atoms with Gasteiger partial charge in [0.15, 0.2) is 0 Å². The fourth-order valence-corrected chi connectivity index (χ4v) is 5.40. The topological polar surface area (TPSA) is 96.0 Å². The number of hydrogen-bond donors (Lipinski definition) is 1. The highest BCUT2D eigenvalue weighted by atomic mass is 32.2. The van der Waals surface area contributed by atoms with Gasteiger partial charge in [0.2, 0.25) is 11.8 Å². The number of nitrogens with one attached hydrogen (secondary N) is 1. The largest absolute Gasteiger partial charge is 0.495 e. The van der Waals surface area contributed by atoms with E-state index in [1.54, 1.807) is 36.4 Å². The molecule has 0 aliphatic heterocycles. The first kappa shape index (κ1) is 29.6. The molecule has 1 N–H and O–H groups in total. The number of hydrogen-bond acceptors (Lipinski definition) is 5. The molecular formula is C29H34FN3O5S. The molecule has 2 amide bonds. The molecule has 3 aromatic rings. The van der Waals surface area contributed by atoms with Crippen LogP contribution in [0.2, 0.25) is 0 Å². The van der Waals surface area contributed by atoms with Crippen LogP contribution in [-0.4, -0.2) is 51.4 Å². The summed E-state index contributed by atoms with van der Waals surface area (Å²) in [7, 11) is -2.84. The van der Waals surface area contributed by atoms with Crippen LogP contribution in [0.1, 0.15) is 31.4 Å². The van der Waals surface area contributed by atoms with E-state index >= 15 is 0 Å². The Bertz CT molecular complexity index is 1400. The summed E-state index contributed by atoms with van der Waals surface area (Å²) in [6, 6.07) is 17.7. The van der Waals surface area contributed by atoms with Crippen LogP contribution in [0.3, 0.4) is 0 Å². The van der Waals surface area contributed by atoms with Crippen molar-refractivity contribution in [3.05, 3.63) is 89.7 Å². The molecule has 0 saturated carbocycles. The monoisotopic (exact) mass is 555 g/mol. The SMILES string of the molecule is CCCNC(=O)C(C)N(Cc1ccccc1F)C(=O)CN(c1ccccc1OC)S(=O)(=O)c1ccc(C)cc1. The first-order valence-electron chi connectivity index (χ1n) is 12.6. The second-order valence-corrected chi connectivity index (χ2v) is 10.9. The van der Waals surface area contributed by atoms with Gasteiger partial charge in [-0.2, -0.15) is 0 Å². The van der Waals surface area contributed by atoms with Gasteiger partial charge in [0.1, 0.15) is 24.2 Å². The molecule has 10 heteroatoms. The number of carbonyl (C=O) groups is 2. The van der Waals surface area contributed by atoms with Gasteiger partial charge in [-0.1, -0.05) is 55.0 Å². The highest BCUT2D eigenvalue weighted by Gasteiger charge is 2.34. The summed E-state index contributed by atoms with van der Waals surface area (Å²) in [6.45, 7) is 4.80. The summed E-state index contributed by atoms with van der Waals surface area (Å²) in [4.78, 5) is 27.9. The van der Waals surface area contributed by atoms with Crippen LogP contribution in [0.4, 0.5) is 10.1 Å². The van der Waals surface area contributed by atoms with E-state index in [0.29, 0.717) is 13.0 Å². The van der Waals surface area contributed by atoms with Gasteiger partial charge in [0, 0.05) is 18.7 Å². The molecule has 1 atom stereocenters. The quantitative estimate of drug-likeness (QED) is 0.360. The lowest BCUT2D eigenvalue weighted by atomic mass is 10.1. The Morgan fingerprint density at radius 2 is 1.64 bits per heavy atom. The maximum atomic E-state index is 14.6. The van der Waals surface area contributed by atoms with E-state index in [1.807, 2.05) is 13.8 Å². The van der Waals surface area contributed by atoms with Gasteiger partial charge < -0.3 is 15.0 Å². The van der Waals surface area contributed by atoms with Crippen molar-refractivity contribution in [2.45, 2.75) is 44.7 Å². The third-order valence-electron chi connectivity index (χ3n) is 6.26. The fourth-order valence-electron chi connectivity index (χ4n) is 3.98. The van der Waals surface area contributed by atoms with Gasteiger partial charge in [-0.05, 0) is 50.6 Å². The normalized spacial score (nSPS) is 11.9. The number of sulfonamides is 1. The molecule has 0 aromatic heterocycles. The van der Waals surface area contributed by atoms with E-state index in [0.717, 1.165) is 9.87 Å². The van der Waals surface area contributed by atoms with Crippen LogP contribution in [0.15, 0.2) is 77.7 Å². The zero-order chi connectivity index (χ0) is 28.6. The van der Waals surface area contributed by atoms with Crippen LogP contribution in [0, 0.1) is 12.7 Å².